The molecule has 19 heavy (non-hydrogen) atoms. The lowest BCUT2D eigenvalue weighted by atomic mass is 10.1. The molecule has 1 aliphatic rings. The lowest BCUT2D eigenvalue weighted by Gasteiger charge is -2.20. The molecule has 2 unspecified atom stereocenters. The van der Waals surface area contributed by atoms with E-state index in [4.69, 9.17) is 4.74 Å². The highest BCUT2D eigenvalue weighted by molar-refractivity contribution is 5.98. The van der Waals surface area contributed by atoms with Crippen molar-refractivity contribution in [3.63, 3.8) is 0 Å². The van der Waals surface area contributed by atoms with Crippen molar-refractivity contribution in [2.75, 3.05) is 19.0 Å². The average molecular weight is 263 g/mol. The summed E-state index contributed by atoms with van der Waals surface area (Å²) in [7, 11) is 1.70. The van der Waals surface area contributed by atoms with E-state index in [1.165, 1.54) is 0 Å². The minimum absolute atomic E-state index is 0.0852. The van der Waals surface area contributed by atoms with Gasteiger partial charge in [0, 0.05) is 19.9 Å². The Bertz CT molecular complexity index is 436. The molecule has 0 bridgehead atoms. The van der Waals surface area contributed by atoms with Gasteiger partial charge in [-0.1, -0.05) is 0 Å². The molecule has 1 heterocycles. The van der Waals surface area contributed by atoms with Gasteiger partial charge in [0.1, 0.15) is 5.82 Å². The van der Waals surface area contributed by atoms with Gasteiger partial charge in [-0.25, -0.2) is 4.98 Å². The second-order valence-corrected chi connectivity index (χ2v) is 4.71. The van der Waals surface area contributed by atoms with Gasteiger partial charge in [0.05, 0.1) is 17.7 Å². The van der Waals surface area contributed by atoms with E-state index in [2.05, 4.69) is 15.6 Å². The molecule has 0 saturated heterocycles. The lowest BCUT2D eigenvalue weighted by Crippen LogP contribution is -2.41. The third kappa shape index (κ3) is 3.23. The van der Waals surface area contributed by atoms with Crippen molar-refractivity contribution in [2.45, 2.75) is 38.3 Å². The summed E-state index contributed by atoms with van der Waals surface area (Å²) in [6.45, 7) is 2.72. The highest BCUT2D eigenvalue weighted by Gasteiger charge is 2.29. The van der Waals surface area contributed by atoms with Gasteiger partial charge >= 0.3 is 0 Å². The molecule has 0 spiro atoms. The molecule has 1 aliphatic carbocycles. The second-order valence-electron chi connectivity index (χ2n) is 4.71. The first-order valence-electron chi connectivity index (χ1n) is 6.78. The van der Waals surface area contributed by atoms with Crippen LogP contribution in [0, 0.1) is 0 Å². The summed E-state index contributed by atoms with van der Waals surface area (Å²) in [5.74, 6) is 0.549. The molecule has 5 nitrogen and oxygen atoms in total. The summed E-state index contributed by atoms with van der Waals surface area (Å²) in [5.41, 5.74) is 0.589. The van der Waals surface area contributed by atoms with E-state index in [0.29, 0.717) is 11.4 Å². The molecule has 2 atom stereocenters. The van der Waals surface area contributed by atoms with E-state index in [-0.39, 0.29) is 18.1 Å². The van der Waals surface area contributed by atoms with Gasteiger partial charge in [-0.15, -0.1) is 0 Å². The standard InChI is InChI=1S/C14H21N3O2/c1-3-15-13-10(6-5-9-16-13)14(18)17-11-7-4-8-12(11)19-2/h5-6,9,11-12H,3-4,7-8H2,1-2H3,(H,15,16)(H,17,18). The molecule has 0 aliphatic heterocycles. The maximum atomic E-state index is 12.3. The van der Waals surface area contributed by atoms with Crippen molar-refractivity contribution in [3.8, 4) is 0 Å². The van der Waals surface area contributed by atoms with Gasteiger partial charge in [0.15, 0.2) is 0 Å². The average Bonchev–Trinajstić information content (AvgIpc) is 2.87. The van der Waals surface area contributed by atoms with Crippen LogP contribution < -0.4 is 10.6 Å². The Morgan fingerprint density at radius 3 is 3.11 bits per heavy atom. The van der Waals surface area contributed by atoms with Gasteiger partial charge < -0.3 is 15.4 Å². The molecule has 2 rings (SSSR count). The number of ether oxygens (including phenoxy) is 1. The van der Waals surface area contributed by atoms with E-state index in [1.54, 1.807) is 25.4 Å². The maximum Gasteiger partial charge on any atom is 0.255 e. The highest BCUT2D eigenvalue weighted by Crippen LogP contribution is 2.22. The van der Waals surface area contributed by atoms with E-state index in [1.807, 2.05) is 6.92 Å². The monoisotopic (exact) mass is 263 g/mol. The highest BCUT2D eigenvalue weighted by atomic mass is 16.5. The third-order valence-corrected chi connectivity index (χ3v) is 3.47. The Morgan fingerprint density at radius 1 is 1.53 bits per heavy atom. The zero-order valence-corrected chi connectivity index (χ0v) is 11.5. The van der Waals surface area contributed by atoms with Crippen LogP contribution in [-0.2, 0) is 4.74 Å². The molecule has 1 aromatic rings. The molecule has 104 valence electrons. The van der Waals surface area contributed by atoms with Gasteiger partial charge in [0.25, 0.3) is 5.91 Å². The van der Waals surface area contributed by atoms with E-state index >= 15 is 0 Å². The Hall–Kier alpha value is -1.62. The number of pyridine rings is 1. The summed E-state index contributed by atoms with van der Waals surface area (Å²) in [4.78, 5) is 16.5. The Balaban J connectivity index is 2.07. The number of methoxy groups -OCH3 is 1. The fourth-order valence-corrected chi connectivity index (χ4v) is 2.52. The Kier molecular flexibility index (Phi) is 4.74. The molecule has 5 heteroatoms. The zero-order valence-electron chi connectivity index (χ0n) is 11.5. The van der Waals surface area contributed by atoms with Gasteiger partial charge in [-0.2, -0.15) is 0 Å². The molecule has 1 fully saturated rings. The summed E-state index contributed by atoms with van der Waals surface area (Å²) >= 11 is 0. The van der Waals surface area contributed by atoms with Crippen molar-refractivity contribution in [3.05, 3.63) is 23.9 Å². The lowest BCUT2D eigenvalue weighted by molar-refractivity contribution is 0.0722. The minimum Gasteiger partial charge on any atom is -0.379 e. The molecule has 1 amide bonds. The van der Waals surface area contributed by atoms with Crippen LogP contribution in [0.2, 0.25) is 0 Å². The van der Waals surface area contributed by atoms with Crippen LogP contribution in [0.5, 0.6) is 0 Å². The molecule has 0 radical (unpaired) electrons. The van der Waals surface area contributed by atoms with Crippen LogP contribution in [0.4, 0.5) is 5.82 Å². The number of nitrogens with zero attached hydrogens (tertiary/aromatic N) is 1. The normalized spacial score (nSPS) is 22.2. The third-order valence-electron chi connectivity index (χ3n) is 3.47. The van der Waals surface area contributed by atoms with Crippen molar-refractivity contribution in [1.29, 1.82) is 0 Å². The van der Waals surface area contributed by atoms with Crippen LogP contribution in [0.15, 0.2) is 18.3 Å². The number of rotatable bonds is 5. The van der Waals surface area contributed by atoms with Crippen LogP contribution in [0.3, 0.4) is 0 Å². The first-order chi connectivity index (χ1) is 9.26. The van der Waals surface area contributed by atoms with Crippen LogP contribution in [-0.4, -0.2) is 36.7 Å². The van der Waals surface area contributed by atoms with Gasteiger partial charge in [0.2, 0.25) is 0 Å². The fourth-order valence-electron chi connectivity index (χ4n) is 2.52. The molecule has 0 aromatic carbocycles. The van der Waals surface area contributed by atoms with Gasteiger partial charge in [-0.05, 0) is 38.3 Å². The zero-order chi connectivity index (χ0) is 13.7. The van der Waals surface area contributed by atoms with E-state index in [0.717, 1.165) is 25.8 Å². The summed E-state index contributed by atoms with van der Waals surface area (Å²) < 4.78 is 5.39. The first-order valence-corrected chi connectivity index (χ1v) is 6.78. The van der Waals surface area contributed by atoms with Gasteiger partial charge in [-0.3, -0.25) is 4.79 Å². The topological polar surface area (TPSA) is 63.2 Å². The SMILES string of the molecule is CCNc1ncccc1C(=O)NC1CCCC1OC. The summed E-state index contributed by atoms with van der Waals surface area (Å²) in [6.07, 6.45) is 4.89. The number of amides is 1. The van der Waals surface area contributed by atoms with Crippen molar-refractivity contribution in [1.82, 2.24) is 10.3 Å². The molecular weight excluding hydrogens is 242 g/mol. The smallest absolute Gasteiger partial charge is 0.255 e. The minimum atomic E-state index is -0.0852. The summed E-state index contributed by atoms with van der Waals surface area (Å²) in [5, 5.41) is 6.15. The predicted octanol–water partition coefficient (Wildman–Crippen LogP) is 1.81. The van der Waals surface area contributed by atoms with Crippen molar-refractivity contribution >= 4 is 11.7 Å². The maximum absolute atomic E-state index is 12.3. The quantitative estimate of drug-likeness (QED) is 0.850. The number of aromatic nitrogens is 1. The fraction of sp³-hybridized carbons (Fsp3) is 0.571. The van der Waals surface area contributed by atoms with Crippen LogP contribution in [0.25, 0.3) is 0 Å². The predicted molar refractivity (Wildman–Crippen MR) is 74.3 cm³/mol. The molecular formula is C14H21N3O2. The summed E-state index contributed by atoms with van der Waals surface area (Å²) in [6, 6.07) is 3.67. The first kappa shape index (κ1) is 13.8. The number of carbonyl (C=O) groups excluding carboxylic acids is 1. The van der Waals surface area contributed by atoms with E-state index < -0.39 is 0 Å². The second kappa shape index (κ2) is 6.52. The largest absolute Gasteiger partial charge is 0.379 e. The van der Waals surface area contributed by atoms with Crippen molar-refractivity contribution in [2.24, 2.45) is 0 Å². The molecule has 1 saturated carbocycles. The number of anilines is 1. The Labute approximate surface area is 113 Å². The van der Waals surface area contributed by atoms with Crippen LogP contribution >= 0.6 is 0 Å². The number of hydrogen-bond acceptors (Lipinski definition) is 4. The Morgan fingerprint density at radius 2 is 2.37 bits per heavy atom. The molecule has 2 N–H and O–H groups in total. The number of nitrogens with one attached hydrogen (secondary N) is 2. The number of hydrogen-bond donors (Lipinski definition) is 2. The molecule has 1 aromatic heterocycles. The number of carbonyl (C=O) groups is 1. The van der Waals surface area contributed by atoms with Crippen molar-refractivity contribution < 1.29 is 9.53 Å². The van der Waals surface area contributed by atoms with E-state index in [9.17, 15) is 4.79 Å². The van der Waals surface area contributed by atoms with Crippen LogP contribution in [0.1, 0.15) is 36.5 Å².